The van der Waals surface area contributed by atoms with Crippen molar-refractivity contribution in [2.24, 2.45) is 0 Å². The molecule has 1 fully saturated rings. The van der Waals surface area contributed by atoms with Crippen molar-refractivity contribution >= 4 is 34.7 Å². The smallest absolute Gasteiger partial charge is 0.293 e. The number of nitro benzene ring substituents is 1. The molecule has 3 rings (SSSR count). The third-order valence-corrected chi connectivity index (χ3v) is 4.95. The lowest BCUT2D eigenvalue weighted by Gasteiger charge is -2.12. The van der Waals surface area contributed by atoms with Crippen LogP contribution in [0.2, 0.25) is 0 Å². The molecule has 0 radical (unpaired) electrons. The molecule has 138 valence electrons. The summed E-state index contributed by atoms with van der Waals surface area (Å²) in [5.74, 6) is -0.0509. The maximum Gasteiger partial charge on any atom is 0.293 e. The van der Waals surface area contributed by atoms with Crippen LogP contribution >= 0.6 is 11.8 Å². The lowest BCUT2D eigenvalue weighted by molar-refractivity contribution is -0.384. The first-order valence-electron chi connectivity index (χ1n) is 8.02. The number of aryl methyl sites for hydroxylation is 1. The predicted octanol–water partition coefficient (Wildman–Crippen LogP) is 4.15. The number of amides is 2. The summed E-state index contributed by atoms with van der Waals surface area (Å²) >= 11 is 0.806. The van der Waals surface area contributed by atoms with E-state index in [1.54, 1.807) is 0 Å². The number of methoxy groups -OCH3 is 1. The second-order valence-corrected chi connectivity index (χ2v) is 6.93. The summed E-state index contributed by atoms with van der Waals surface area (Å²) in [6.07, 6.45) is 1.45. The molecule has 8 heteroatoms. The fraction of sp³-hybridized carbons (Fsp3) is 0.158. The van der Waals surface area contributed by atoms with Gasteiger partial charge in [-0.3, -0.25) is 24.6 Å². The van der Waals surface area contributed by atoms with E-state index in [1.165, 1.54) is 31.4 Å². The van der Waals surface area contributed by atoms with Crippen molar-refractivity contribution in [1.29, 1.82) is 0 Å². The van der Waals surface area contributed by atoms with Gasteiger partial charge in [0.2, 0.25) is 0 Å². The van der Waals surface area contributed by atoms with Crippen LogP contribution in [0.3, 0.4) is 0 Å². The maximum atomic E-state index is 12.7. The highest BCUT2D eigenvalue weighted by Crippen LogP contribution is 2.35. The minimum atomic E-state index is -0.528. The minimum Gasteiger partial charge on any atom is -0.496 e. The fourth-order valence-electron chi connectivity index (χ4n) is 2.60. The van der Waals surface area contributed by atoms with Crippen LogP contribution in [-0.2, 0) is 11.3 Å². The molecule has 27 heavy (non-hydrogen) atoms. The molecule has 0 atom stereocenters. The van der Waals surface area contributed by atoms with Gasteiger partial charge in [0.15, 0.2) is 0 Å². The molecule has 0 bridgehead atoms. The topological polar surface area (TPSA) is 89.8 Å². The average molecular weight is 384 g/mol. The predicted molar refractivity (Wildman–Crippen MR) is 102 cm³/mol. The third kappa shape index (κ3) is 4.01. The van der Waals surface area contributed by atoms with Crippen LogP contribution in [0.1, 0.15) is 16.7 Å². The number of nitrogens with zero attached hydrogens (tertiary/aromatic N) is 2. The highest BCUT2D eigenvalue weighted by Gasteiger charge is 2.35. The Morgan fingerprint density at radius 3 is 2.52 bits per heavy atom. The van der Waals surface area contributed by atoms with Crippen molar-refractivity contribution in [2.45, 2.75) is 13.5 Å². The largest absolute Gasteiger partial charge is 0.496 e. The Balaban J connectivity index is 1.89. The lowest BCUT2D eigenvalue weighted by atomic mass is 10.1. The van der Waals surface area contributed by atoms with Gasteiger partial charge < -0.3 is 4.74 Å². The molecule has 0 unspecified atom stereocenters. The number of ether oxygens (including phenoxy) is 1. The Labute approximate surface area is 159 Å². The number of carbonyl (C=O) groups excluding carboxylic acids is 2. The van der Waals surface area contributed by atoms with E-state index in [-0.39, 0.29) is 22.4 Å². The van der Waals surface area contributed by atoms with Gasteiger partial charge in [-0.05, 0) is 36.4 Å². The van der Waals surface area contributed by atoms with E-state index in [0.717, 1.165) is 27.8 Å². The molecule has 2 amide bonds. The molecule has 0 aromatic heterocycles. The average Bonchev–Trinajstić information content (AvgIpc) is 2.90. The van der Waals surface area contributed by atoms with Crippen molar-refractivity contribution in [3.63, 3.8) is 0 Å². The Morgan fingerprint density at radius 2 is 1.89 bits per heavy atom. The van der Waals surface area contributed by atoms with Crippen LogP contribution in [0.25, 0.3) is 6.08 Å². The molecule has 7 nitrogen and oxygen atoms in total. The van der Waals surface area contributed by atoms with Gasteiger partial charge in [-0.1, -0.05) is 29.8 Å². The van der Waals surface area contributed by atoms with Crippen LogP contribution in [-0.4, -0.2) is 28.1 Å². The van der Waals surface area contributed by atoms with Gasteiger partial charge in [0.1, 0.15) is 5.75 Å². The molecule has 0 spiro atoms. The fourth-order valence-corrected chi connectivity index (χ4v) is 3.43. The summed E-state index contributed by atoms with van der Waals surface area (Å²) in [4.78, 5) is 36.8. The number of carbonyl (C=O) groups is 2. The standard InChI is InChI=1S/C19H16N2O5S/c1-12-3-5-13(6-4-12)11-20-18(22)17(27-19(20)23)10-14-9-15(21(24)25)7-8-16(14)26-2/h3-10H,11H2,1-2H3/b17-10-. The first-order chi connectivity index (χ1) is 12.9. The second-order valence-electron chi connectivity index (χ2n) is 5.94. The molecule has 1 aliphatic rings. The van der Waals surface area contributed by atoms with E-state index in [2.05, 4.69) is 0 Å². The van der Waals surface area contributed by atoms with Crippen LogP contribution in [0, 0.1) is 17.0 Å². The van der Waals surface area contributed by atoms with Crippen LogP contribution in [0.4, 0.5) is 10.5 Å². The van der Waals surface area contributed by atoms with Gasteiger partial charge in [0, 0.05) is 17.7 Å². The van der Waals surface area contributed by atoms with Crippen molar-refractivity contribution in [3.8, 4) is 5.75 Å². The molecular formula is C19H16N2O5S. The molecule has 1 saturated heterocycles. The molecule has 1 heterocycles. The molecule has 2 aromatic carbocycles. The Kier molecular flexibility index (Phi) is 5.27. The van der Waals surface area contributed by atoms with Gasteiger partial charge in [0.25, 0.3) is 16.8 Å². The Morgan fingerprint density at radius 1 is 1.19 bits per heavy atom. The summed E-state index contributed by atoms with van der Waals surface area (Å²) in [7, 11) is 1.43. The SMILES string of the molecule is COc1ccc([N+](=O)[O-])cc1/C=C1\SC(=O)N(Cc2ccc(C)cc2)C1=O. The minimum absolute atomic E-state index is 0.124. The van der Waals surface area contributed by atoms with Crippen molar-refractivity contribution in [3.05, 3.63) is 74.2 Å². The zero-order valence-corrected chi connectivity index (χ0v) is 15.5. The molecule has 1 aliphatic heterocycles. The summed E-state index contributed by atoms with van der Waals surface area (Å²) in [5.41, 5.74) is 2.18. The monoisotopic (exact) mass is 384 g/mol. The van der Waals surface area contributed by atoms with E-state index >= 15 is 0 Å². The van der Waals surface area contributed by atoms with E-state index in [0.29, 0.717) is 11.3 Å². The molecule has 0 saturated carbocycles. The van der Waals surface area contributed by atoms with E-state index in [1.807, 2.05) is 31.2 Å². The van der Waals surface area contributed by atoms with Crippen LogP contribution in [0.5, 0.6) is 5.75 Å². The first kappa shape index (κ1) is 18.7. The number of rotatable bonds is 5. The number of imide groups is 1. The van der Waals surface area contributed by atoms with E-state index in [4.69, 9.17) is 4.74 Å². The van der Waals surface area contributed by atoms with Crippen LogP contribution < -0.4 is 4.74 Å². The molecule has 0 N–H and O–H groups in total. The summed E-state index contributed by atoms with van der Waals surface area (Å²) in [5, 5.41) is 10.6. The molecule has 2 aromatic rings. The number of non-ortho nitro benzene ring substituents is 1. The first-order valence-corrected chi connectivity index (χ1v) is 8.84. The number of benzene rings is 2. The number of nitro groups is 1. The lowest BCUT2D eigenvalue weighted by Crippen LogP contribution is -2.27. The third-order valence-electron chi connectivity index (χ3n) is 4.05. The maximum absolute atomic E-state index is 12.7. The molecular weight excluding hydrogens is 368 g/mol. The highest BCUT2D eigenvalue weighted by molar-refractivity contribution is 8.18. The highest BCUT2D eigenvalue weighted by atomic mass is 32.2. The molecule has 0 aliphatic carbocycles. The summed E-state index contributed by atoms with van der Waals surface area (Å²) in [6, 6.07) is 11.7. The Bertz CT molecular complexity index is 953. The summed E-state index contributed by atoms with van der Waals surface area (Å²) < 4.78 is 5.20. The summed E-state index contributed by atoms with van der Waals surface area (Å²) in [6.45, 7) is 2.13. The normalized spacial score (nSPS) is 15.5. The van der Waals surface area contributed by atoms with Crippen molar-refractivity contribution in [1.82, 2.24) is 4.90 Å². The second kappa shape index (κ2) is 7.63. The van der Waals surface area contributed by atoms with Gasteiger partial charge >= 0.3 is 0 Å². The van der Waals surface area contributed by atoms with Gasteiger partial charge in [-0.2, -0.15) is 0 Å². The van der Waals surface area contributed by atoms with Crippen molar-refractivity contribution in [2.75, 3.05) is 7.11 Å². The quantitative estimate of drug-likeness (QED) is 0.437. The number of thioether (sulfide) groups is 1. The zero-order valence-electron chi connectivity index (χ0n) is 14.7. The number of hydrogen-bond acceptors (Lipinski definition) is 6. The van der Waals surface area contributed by atoms with Crippen LogP contribution in [0.15, 0.2) is 47.4 Å². The zero-order chi connectivity index (χ0) is 19.6. The Hall–Kier alpha value is -3.13. The van der Waals surface area contributed by atoms with E-state index < -0.39 is 10.8 Å². The van der Waals surface area contributed by atoms with Gasteiger partial charge in [-0.25, -0.2) is 0 Å². The van der Waals surface area contributed by atoms with Crippen molar-refractivity contribution < 1.29 is 19.2 Å². The van der Waals surface area contributed by atoms with Gasteiger partial charge in [0.05, 0.1) is 23.5 Å². The number of hydrogen-bond donors (Lipinski definition) is 0. The van der Waals surface area contributed by atoms with E-state index in [9.17, 15) is 19.7 Å². The van der Waals surface area contributed by atoms with Gasteiger partial charge in [-0.15, -0.1) is 0 Å².